The van der Waals surface area contributed by atoms with Gasteiger partial charge in [0.15, 0.2) is 0 Å². The molecule has 0 atom stereocenters. The number of pyridine rings is 1. The van der Waals surface area contributed by atoms with E-state index in [-0.39, 0.29) is 39.7 Å². The molecule has 13 nitrogen and oxygen atoms in total. The second-order valence-corrected chi connectivity index (χ2v) is 10.2. The van der Waals surface area contributed by atoms with Gasteiger partial charge in [0.25, 0.3) is 5.91 Å². The molecule has 1 amide bonds. The molecular weight excluding hydrogens is 666 g/mol. The van der Waals surface area contributed by atoms with Gasteiger partial charge in [-0.25, -0.2) is 26.3 Å². The molecule has 0 saturated heterocycles. The highest BCUT2D eigenvalue weighted by molar-refractivity contribution is 5.96. The second-order valence-electron chi connectivity index (χ2n) is 10.2. The van der Waals surface area contributed by atoms with Crippen LogP contribution in [0.5, 0.6) is 0 Å². The summed E-state index contributed by atoms with van der Waals surface area (Å²) in [5, 5.41) is 20.1. The Hall–Kier alpha value is -5.82. The Balaban J connectivity index is 2.11. The third kappa shape index (κ3) is 8.76. The summed E-state index contributed by atoms with van der Waals surface area (Å²) in [6.45, 7) is 4.03. The smallest absolute Gasteiger partial charge is 0.417 e. The van der Waals surface area contributed by atoms with Crippen LogP contribution in [0.3, 0.4) is 0 Å². The minimum atomic E-state index is -4.96. The van der Waals surface area contributed by atoms with Crippen molar-refractivity contribution in [1.29, 1.82) is 0 Å². The number of nitrogens with zero attached hydrogens (tertiary/aromatic N) is 4. The van der Waals surface area contributed by atoms with Crippen LogP contribution in [0.25, 0.3) is 11.4 Å². The van der Waals surface area contributed by atoms with Gasteiger partial charge in [0, 0.05) is 31.1 Å². The van der Waals surface area contributed by atoms with Gasteiger partial charge >= 0.3 is 24.3 Å². The van der Waals surface area contributed by atoms with Crippen molar-refractivity contribution >= 4 is 40.6 Å². The Bertz CT molecular complexity index is 1710. The largest absolute Gasteiger partial charge is 0.478 e. The van der Waals surface area contributed by atoms with Crippen LogP contribution < -0.4 is 33.2 Å². The third-order valence-corrected chi connectivity index (χ3v) is 6.95. The first kappa shape index (κ1) is 37.6. The van der Waals surface area contributed by atoms with Crippen LogP contribution in [-0.4, -0.2) is 51.0 Å². The Morgan fingerprint density at radius 1 is 0.714 bits per heavy atom. The highest BCUT2D eigenvalue weighted by Crippen LogP contribution is 2.35. The standard InChI is InChI=1S/C30H30F6N8O5/c1-3-42(4-2)26(45)15-9-24(22(37)13-43(39)16-5-7-20(29(31,32)33)18(11-16)27(46)47)41-25(10-15)23(38)14-44(40)17-6-8-21(30(34,35)36)19(12-17)28(48)49/h5-14H,3-4,37-40H2,1-2H3,(H,46,47)(H,48,49)/b22-13-,23-14-. The molecule has 49 heavy (non-hydrogen) atoms. The SMILES string of the molecule is CCN(CC)C(=O)c1cc(/C(N)=C/N(N)c2ccc(C(F)(F)F)c(C(=O)O)c2)nc(/C(N)=C/N(N)c2ccc(C(F)(F)F)c(C(=O)O)c2)c1. The first-order chi connectivity index (χ1) is 22.7. The van der Waals surface area contributed by atoms with Crippen LogP contribution in [0, 0.1) is 0 Å². The van der Waals surface area contributed by atoms with Crippen LogP contribution >= 0.6 is 0 Å². The fraction of sp³-hybridized carbons (Fsp3) is 0.200. The number of aromatic carboxylic acids is 2. The number of hydrogen-bond acceptors (Lipinski definition) is 10. The van der Waals surface area contributed by atoms with Crippen LogP contribution in [-0.2, 0) is 12.4 Å². The van der Waals surface area contributed by atoms with Crippen LogP contribution in [0.4, 0.5) is 37.7 Å². The van der Waals surface area contributed by atoms with Crippen LogP contribution in [0.2, 0.25) is 0 Å². The van der Waals surface area contributed by atoms with Crippen molar-refractivity contribution in [3.05, 3.63) is 100 Å². The van der Waals surface area contributed by atoms with E-state index in [1.807, 2.05) is 0 Å². The van der Waals surface area contributed by atoms with E-state index in [0.717, 1.165) is 34.6 Å². The molecule has 10 N–H and O–H groups in total. The average molecular weight is 697 g/mol. The minimum Gasteiger partial charge on any atom is -0.478 e. The van der Waals surface area contributed by atoms with E-state index < -0.39 is 52.5 Å². The van der Waals surface area contributed by atoms with Crippen molar-refractivity contribution in [3.63, 3.8) is 0 Å². The molecule has 0 spiro atoms. The number of amides is 1. The van der Waals surface area contributed by atoms with Crippen molar-refractivity contribution in [1.82, 2.24) is 9.88 Å². The number of hydrogen-bond donors (Lipinski definition) is 6. The van der Waals surface area contributed by atoms with Gasteiger partial charge in [0.1, 0.15) is 0 Å². The molecule has 0 saturated carbocycles. The number of aromatic nitrogens is 1. The number of carboxylic acid groups (broad SMARTS) is 2. The van der Waals surface area contributed by atoms with E-state index in [4.69, 9.17) is 23.2 Å². The summed E-state index contributed by atoms with van der Waals surface area (Å²) in [4.78, 5) is 42.1. The number of carbonyl (C=O) groups excluding carboxylic acids is 1. The minimum absolute atomic E-state index is 0.00827. The van der Waals surface area contributed by atoms with Crippen LogP contribution in [0.15, 0.2) is 60.9 Å². The zero-order chi connectivity index (χ0) is 37.0. The lowest BCUT2D eigenvalue weighted by Gasteiger charge is -2.21. The summed E-state index contributed by atoms with van der Waals surface area (Å²) in [5.74, 6) is 7.74. The maximum absolute atomic E-state index is 13.3. The van der Waals surface area contributed by atoms with E-state index in [0.29, 0.717) is 37.4 Å². The van der Waals surface area contributed by atoms with Gasteiger partial charge in [-0.05, 0) is 62.4 Å². The van der Waals surface area contributed by atoms with Gasteiger partial charge in [-0.2, -0.15) is 26.3 Å². The fourth-order valence-electron chi connectivity index (χ4n) is 4.46. The van der Waals surface area contributed by atoms with E-state index in [9.17, 15) is 50.9 Å². The van der Waals surface area contributed by atoms with Gasteiger partial charge in [-0.15, -0.1) is 0 Å². The maximum Gasteiger partial charge on any atom is 0.417 e. The van der Waals surface area contributed by atoms with E-state index in [1.165, 1.54) is 17.0 Å². The number of rotatable bonds is 11. The normalized spacial score (nSPS) is 12.4. The lowest BCUT2D eigenvalue weighted by molar-refractivity contribution is -0.138. The lowest BCUT2D eigenvalue weighted by atomic mass is 10.1. The average Bonchev–Trinajstić information content (AvgIpc) is 3.03. The van der Waals surface area contributed by atoms with E-state index >= 15 is 0 Å². The van der Waals surface area contributed by atoms with Gasteiger partial charge in [-0.1, -0.05) is 0 Å². The molecule has 0 radical (unpaired) electrons. The lowest BCUT2D eigenvalue weighted by Crippen LogP contribution is -2.31. The number of benzene rings is 2. The summed E-state index contributed by atoms with van der Waals surface area (Å²) < 4.78 is 79.8. The van der Waals surface area contributed by atoms with E-state index in [2.05, 4.69) is 4.98 Å². The maximum atomic E-state index is 13.3. The van der Waals surface area contributed by atoms with E-state index in [1.54, 1.807) is 13.8 Å². The highest BCUT2D eigenvalue weighted by atomic mass is 19.4. The quantitative estimate of drug-likeness (QED) is 0.0941. The molecule has 3 aromatic rings. The first-order valence-corrected chi connectivity index (χ1v) is 13.9. The Morgan fingerprint density at radius 3 is 1.39 bits per heavy atom. The number of anilines is 2. The van der Waals surface area contributed by atoms with Crippen molar-refractivity contribution in [2.75, 3.05) is 23.1 Å². The van der Waals surface area contributed by atoms with Crippen molar-refractivity contribution in [2.24, 2.45) is 23.2 Å². The van der Waals surface area contributed by atoms with Gasteiger partial charge in [-0.3, -0.25) is 14.8 Å². The molecule has 0 unspecified atom stereocenters. The molecule has 0 aliphatic carbocycles. The molecule has 0 fully saturated rings. The molecule has 1 heterocycles. The Labute approximate surface area is 274 Å². The summed E-state index contributed by atoms with van der Waals surface area (Å²) in [5.41, 5.74) is 6.26. The zero-order valence-electron chi connectivity index (χ0n) is 25.7. The predicted octanol–water partition coefficient (Wildman–Crippen LogP) is 4.27. The first-order valence-electron chi connectivity index (χ1n) is 13.9. The molecule has 0 bridgehead atoms. The molecule has 1 aromatic heterocycles. The van der Waals surface area contributed by atoms with Gasteiger partial charge in [0.2, 0.25) is 0 Å². The topological polar surface area (TPSA) is 218 Å². The number of carbonyl (C=O) groups is 3. The summed E-state index contributed by atoms with van der Waals surface area (Å²) >= 11 is 0. The zero-order valence-corrected chi connectivity index (χ0v) is 25.7. The molecular formula is C30H30F6N8O5. The molecule has 19 heteroatoms. The summed E-state index contributed by atoms with van der Waals surface area (Å²) in [6, 6.07) is 6.77. The molecule has 3 rings (SSSR count). The molecule has 2 aromatic carbocycles. The Morgan fingerprint density at radius 2 is 1.08 bits per heavy atom. The summed E-state index contributed by atoms with van der Waals surface area (Å²) in [7, 11) is 0. The van der Waals surface area contributed by atoms with Crippen LogP contribution in [0.1, 0.15) is 67.4 Å². The monoisotopic (exact) mass is 696 g/mol. The summed E-state index contributed by atoms with van der Waals surface area (Å²) in [6.07, 6.45) is -7.93. The number of hydrazine groups is 2. The van der Waals surface area contributed by atoms with Crippen molar-refractivity contribution < 1.29 is 50.9 Å². The fourth-order valence-corrected chi connectivity index (χ4v) is 4.46. The molecule has 0 aliphatic rings. The highest BCUT2D eigenvalue weighted by Gasteiger charge is 2.36. The number of nitrogens with two attached hydrogens (primary N) is 4. The van der Waals surface area contributed by atoms with Crippen molar-refractivity contribution in [2.45, 2.75) is 26.2 Å². The Kier molecular flexibility index (Phi) is 11.2. The number of carboxylic acids is 2. The number of alkyl halides is 6. The second kappa shape index (κ2) is 14.5. The van der Waals surface area contributed by atoms with Gasteiger partial charge < -0.3 is 26.6 Å². The van der Waals surface area contributed by atoms with Crippen molar-refractivity contribution in [3.8, 4) is 0 Å². The third-order valence-electron chi connectivity index (χ3n) is 6.95. The van der Waals surface area contributed by atoms with Gasteiger partial charge in [0.05, 0.1) is 56.4 Å². The predicted molar refractivity (Wildman–Crippen MR) is 166 cm³/mol. The molecule has 0 aliphatic heterocycles. The number of halogens is 6. The molecule has 262 valence electrons.